The van der Waals surface area contributed by atoms with Gasteiger partial charge >= 0.3 is 0 Å². The van der Waals surface area contributed by atoms with Crippen LogP contribution in [-0.4, -0.2) is 45.4 Å². The molecule has 3 rings (SSSR count). The first kappa shape index (κ1) is 21.8. The Kier molecular flexibility index (Phi) is 7.69. The molecule has 0 saturated carbocycles. The van der Waals surface area contributed by atoms with E-state index in [0.717, 1.165) is 30.7 Å². The van der Waals surface area contributed by atoms with E-state index in [1.54, 1.807) is 17.4 Å². The number of aliphatic imine (C=N–C) groups is 1. The zero-order valence-electron chi connectivity index (χ0n) is 17.1. The summed E-state index contributed by atoms with van der Waals surface area (Å²) < 4.78 is 27.6. The molecule has 158 valence electrons. The maximum absolute atomic E-state index is 12.8. The van der Waals surface area contributed by atoms with Gasteiger partial charge in [0, 0.05) is 31.6 Å². The van der Waals surface area contributed by atoms with E-state index in [0.29, 0.717) is 35.7 Å². The van der Waals surface area contributed by atoms with Gasteiger partial charge in [-0.15, -0.1) is 11.3 Å². The molecule has 2 N–H and O–H groups in total. The molecule has 6 nitrogen and oxygen atoms in total. The molecule has 1 aliphatic heterocycles. The minimum atomic E-state index is -3.36. The summed E-state index contributed by atoms with van der Waals surface area (Å²) in [4.78, 5) is 5.24. The van der Waals surface area contributed by atoms with Crippen molar-refractivity contribution >= 4 is 27.3 Å². The topological polar surface area (TPSA) is 73.8 Å². The molecular formula is C21H30N4O2S2. The van der Waals surface area contributed by atoms with Gasteiger partial charge in [0.1, 0.15) is 4.21 Å². The van der Waals surface area contributed by atoms with Gasteiger partial charge in [-0.25, -0.2) is 8.42 Å². The highest BCUT2D eigenvalue weighted by Crippen LogP contribution is 2.27. The van der Waals surface area contributed by atoms with Crippen LogP contribution >= 0.6 is 11.3 Å². The summed E-state index contributed by atoms with van der Waals surface area (Å²) in [5, 5.41) is 6.62. The molecule has 2 aromatic rings. The van der Waals surface area contributed by atoms with Gasteiger partial charge < -0.3 is 10.6 Å². The second kappa shape index (κ2) is 10.2. The van der Waals surface area contributed by atoms with Crippen molar-refractivity contribution < 1.29 is 8.42 Å². The maximum atomic E-state index is 12.8. The molecule has 0 aliphatic carbocycles. The van der Waals surface area contributed by atoms with Crippen LogP contribution in [0.4, 0.5) is 0 Å². The van der Waals surface area contributed by atoms with E-state index in [9.17, 15) is 8.42 Å². The fraction of sp³-hybridized carbons (Fsp3) is 0.476. The van der Waals surface area contributed by atoms with E-state index < -0.39 is 10.0 Å². The van der Waals surface area contributed by atoms with E-state index in [1.807, 2.05) is 24.3 Å². The summed E-state index contributed by atoms with van der Waals surface area (Å²) in [7, 11) is -1.62. The fourth-order valence-corrected chi connectivity index (χ4v) is 6.33. The van der Waals surface area contributed by atoms with Crippen molar-refractivity contribution in [3.8, 4) is 0 Å². The van der Waals surface area contributed by atoms with Crippen LogP contribution in [0.1, 0.15) is 42.5 Å². The molecule has 29 heavy (non-hydrogen) atoms. The normalized spacial score (nSPS) is 17.1. The molecule has 1 aromatic heterocycles. The molecule has 1 aromatic carbocycles. The molecule has 1 saturated heterocycles. The Labute approximate surface area is 178 Å². The number of hydrogen-bond acceptors (Lipinski definition) is 4. The number of rotatable bonds is 7. The quantitative estimate of drug-likeness (QED) is 0.517. The highest BCUT2D eigenvalue weighted by molar-refractivity contribution is 7.91. The molecule has 1 unspecified atom stereocenters. The lowest BCUT2D eigenvalue weighted by Gasteiger charge is -2.25. The second-order valence-corrected chi connectivity index (χ2v) is 10.6. The highest BCUT2D eigenvalue weighted by atomic mass is 32.2. The van der Waals surface area contributed by atoms with Gasteiger partial charge in [0.15, 0.2) is 5.96 Å². The first-order chi connectivity index (χ1) is 14.0. The number of nitrogens with zero attached hydrogens (tertiary/aromatic N) is 2. The van der Waals surface area contributed by atoms with Gasteiger partial charge in [-0.3, -0.25) is 4.99 Å². The Morgan fingerprint density at radius 1 is 1.10 bits per heavy atom. The number of sulfonamides is 1. The maximum Gasteiger partial charge on any atom is 0.252 e. The van der Waals surface area contributed by atoms with Crippen LogP contribution in [0.3, 0.4) is 0 Å². The minimum absolute atomic E-state index is 0.359. The van der Waals surface area contributed by atoms with E-state index in [-0.39, 0.29) is 0 Å². The number of thiophene rings is 1. The van der Waals surface area contributed by atoms with E-state index in [2.05, 4.69) is 34.7 Å². The van der Waals surface area contributed by atoms with Gasteiger partial charge in [-0.2, -0.15) is 4.31 Å². The SMILES string of the molecule is CN=C(NCc1ccc(S(=O)(=O)N2CCCCC2)s1)NCC(C)c1ccccc1. The lowest BCUT2D eigenvalue weighted by molar-refractivity contribution is 0.347. The van der Waals surface area contributed by atoms with Crippen LogP contribution in [0.15, 0.2) is 51.7 Å². The van der Waals surface area contributed by atoms with E-state index in [4.69, 9.17) is 0 Å². The van der Waals surface area contributed by atoms with Crippen molar-refractivity contribution in [3.05, 3.63) is 52.9 Å². The largest absolute Gasteiger partial charge is 0.356 e. The van der Waals surface area contributed by atoms with Crippen LogP contribution < -0.4 is 10.6 Å². The van der Waals surface area contributed by atoms with Gasteiger partial charge in [-0.1, -0.05) is 43.7 Å². The van der Waals surface area contributed by atoms with Crippen LogP contribution in [0, 0.1) is 0 Å². The number of hydrogen-bond donors (Lipinski definition) is 2. The number of benzene rings is 1. The van der Waals surface area contributed by atoms with E-state index in [1.165, 1.54) is 16.9 Å². The third-order valence-electron chi connectivity index (χ3n) is 5.14. The molecule has 1 atom stereocenters. The van der Waals surface area contributed by atoms with Gasteiger partial charge in [0.05, 0.1) is 6.54 Å². The first-order valence-electron chi connectivity index (χ1n) is 10.1. The lowest BCUT2D eigenvalue weighted by Crippen LogP contribution is -2.38. The minimum Gasteiger partial charge on any atom is -0.356 e. The van der Waals surface area contributed by atoms with Crippen molar-refractivity contribution in [3.63, 3.8) is 0 Å². The molecule has 8 heteroatoms. The van der Waals surface area contributed by atoms with Gasteiger partial charge in [0.25, 0.3) is 10.0 Å². The molecule has 0 radical (unpaired) electrons. The second-order valence-electron chi connectivity index (χ2n) is 7.30. The zero-order chi connectivity index (χ0) is 20.7. The Balaban J connectivity index is 1.52. The summed E-state index contributed by atoms with van der Waals surface area (Å²) in [6, 6.07) is 14.0. The predicted molar refractivity (Wildman–Crippen MR) is 120 cm³/mol. The lowest BCUT2D eigenvalue weighted by atomic mass is 10.0. The van der Waals surface area contributed by atoms with Crippen LogP contribution in [0.5, 0.6) is 0 Å². The summed E-state index contributed by atoms with van der Waals surface area (Å²) >= 11 is 1.33. The summed E-state index contributed by atoms with van der Waals surface area (Å²) in [5.41, 5.74) is 1.28. The van der Waals surface area contributed by atoms with E-state index >= 15 is 0 Å². The fourth-order valence-electron chi connectivity index (χ4n) is 3.37. The zero-order valence-corrected chi connectivity index (χ0v) is 18.7. The number of nitrogens with one attached hydrogen (secondary N) is 2. The third-order valence-corrected chi connectivity index (χ3v) is 8.60. The van der Waals surface area contributed by atoms with Crippen LogP contribution in [-0.2, 0) is 16.6 Å². The molecular weight excluding hydrogens is 404 g/mol. The molecule has 1 fully saturated rings. The van der Waals surface area contributed by atoms with Crippen molar-refractivity contribution in [2.24, 2.45) is 4.99 Å². The number of guanidine groups is 1. The average molecular weight is 435 g/mol. The standard InChI is InChI=1S/C21H30N4O2S2/c1-17(18-9-5-3-6-10-18)15-23-21(22-2)24-16-19-11-12-20(28-19)29(26,27)25-13-7-4-8-14-25/h3,5-6,9-12,17H,4,7-8,13-16H2,1-2H3,(H2,22,23,24). The molecule has 0 amide bonds. The summed E-state index contributed by atoms with van der Waals surface area (Å²) in [5.74, 6) is 1.07. The van der Waals surface area contributed by atoms with Gasteiger partial charge in [0.2, 0.25) is 0 Å². The molecule has 0 spiro atoms. The van der Waals surface area contributed by atoms with Crippen molar-refractivity contribution in [1.82, 2.24) is 14.9 Å². The monoisotopic (exact) mass is 434 g/mol. The Morgan fingerprint density at radius 3 is 2.52 bits per heavy atom. The number of piperidine rings is 1. The third kappa shape index (κ3) is 5.81. The molecule has 0 bridgehead atoms. The molecule has 2 heterocycles. The Hall–Kier alpha value is -1.90. The van der Waals surface area contributed by atoms with Crippen molar-refractivity contribution in [2.75, 3.05) is 26.7 Å². The molecule has 1 aliphatic rings. The van der Waals surface area contributed by atoms with Gasteiger partial charge in [-0.05, 0) is 36.5 Å². The summed E-state index contributed by atoms with van der Waals surface area (Å²) in [6.07, 6.45) is 3.01. The van der Waals surface area contributed by atoms with Crippen LogP contribution in [0.25, 0.3) is 0 Å². The highest BCUT2D eigenvalue weighted by Gasteiger charge is 2.27. The van der Waals surface area contributed by atoms with Crippen LogP contribution in [0.2, 0.25) is 0 Å². The van der Waals surface area contributed by atoms with Crippen molar-refractivity contribution in [1.29, 1.82) is 0 Å². The van der Waals surface area contributed by atoms with Crippen molar-refractivity contribution in [2.45, 2.75) is 42.9 Å². The predicted octanol–water partition coefficient (Wildman–Crippen LogP) is 3.39. The average Bonchev–Trinajstić information content (AvgIpc) is 3.25. The Morgan fingerprint density at radius 2 is 1.83 bits per heavy atom. The smallest absolute Gasteiger partial charge is 0.252 e. The first-order valence-corrected chi connectivity index (χ1v) is 12.3. The summed E-state index contributed by atoms with van der Waals surface area (Å²) in [6.45, 7) is 4.74. The Bertz CT molecular complexity index is 904.